The van der Waals surface area contributed by atoms with E-state index >= 15 is 0 Å². The van der Waals surface area contributed by atoms with Crippen LogP contribution in [0.2, 0.25) is 0 Å². The third kappa shape index (κ3) is 4.35. The fraction of sp³-hybridized carbons (Fsp3) is 0.346. The highest BCUT2D eigenvalue weighted by molar-refractivity contribution is 5.78. The first-order valence-corrected chi connectivity index (χ1v) is 11.7. The first kappa shape index (κ1) is 22.0. The molecule has 4 heterocycles. The number of methoxy groups -OCH3 is 1. The maximum atomic E-state index is 12.9. The number of ether oxygens (including phenoxy) is 1. The van der Waals surface area contributed by atoms with Crippen LogP contribution in [0.4, 0.5) is 4.79 Å². The van der Waals surface area contributed by atoms with E-state index in [1.54, 1.807) is 13.3 Å². The third-order valence-electron chi connectivity index (χ3n) is 6.57. The number of hydrogen-bond acceptors (Lipinski definition) is 4. The average Bonchev–Trinajstić information content (AvgIpc) is 3.47. The molecule has 2 amide bonds. The summed E-state index contributed by atoms with van der Waals surface area (Å²) in [4.78, 5) is 19.9. The SMILES string of the molecule is COc1cccc(-c2nc(C3CCCN(C(=O)NCCc4ccnn4C)C3)n3ccccc23)c1. The topological polar surface area (TPSA) is 76.7 Å². The normalized spacial score (nSPS) is 16.1. The van der Waals surface area contributed by atoms with Gasteiger partial charge in [0.15, 0.2) is 0 Å². The molecule has 5 rings (SSSR count). The number of fused-ring (bicyclic) bond motifs is 1. The van der Waals surface area contributed by atoms with Crippen LogP contribution in [0.1, 0.15) is 30.3 Å². The van der Waals surface area contributed by atoms with Crippen LogP contribution in [0, 0.1) is 0 Å². The molecule has 1 aliphatic heterocycles. The molecule has 1 aliphatic rings. The van der Waals surface area contributed by atoms with Gasteiger partial charge in [-0.3, -0.25) is 4.68 Å². The molecule has 3 aromatic heterocycles. The number of hydrogen-bond donors (Lipinski definition) is 1. The fourth-order valence-corrected chi connectivity index (χ4v) is 4.76. The lowest BCUT2D eigenvalue weighted by molar-refractivity contribution is 0.178. The summed E-state index contributed by atoms with van der Waals surface area (Å²) in [5.74, 6) is 1.98. The second-order valence-corrected chi connectivity index (χ2v) is 8.72. The quantitative estimate of drug-likeness (QED) is 0.476. The third-order valence-corrected chi connectivity index (χ3v) is 6.57. The van der Waals surface area contributed by atoms with Crippen LogP contribution in [0.15, 0.2) is 60.9 Å². The van der Waals surface area contributed by atoms with E-state index in [-0.39, 0.29) is 11.9 Å². The zero-order chi connectivity index (χ0) is 23.5. The van der Waals surface area contributed by atoms with Gasteiger partial charge in [-0.15, -0.1) is 0 Å². The molecule has 1 aromatic carbocycles. The van der Waals surface area contributed by atoms with Gasteiger partial charge < -0.3 is 19.4 Å². The van der Waals surface area contributed by atoms with Crippen molar-refractivity contribution in [1.82, 2.24) is 29.4 Å². The van der Waals surface area contributed by atoms with Crippen LogP contribution in [-0.4, -0.2) is 56.8 Å². The van der Waals surface area contributed by atoms with E-state index in [0.717, 1.165) is 59.8 Å². The summed E-state index contributed by atoms with van der Waals surface area (Å²) < 4.78 is 9.43. The van der Waals surface area contributed by atoms with Gasteiger partial charge in [0.1, 0.15) is 11.6 Å². The number of amides is 2. The summed E-state index contributed by atoms with van der Waals surface area (Å²) >= 11 is 0. The number of piperidine rings is 1. The van der Waals surface area contributed by atoms with Gasteiger partial charge in [-0.1, -0.05) is 18.2 Å². The molecule has 1 saturated heterocycles. The monoisotopic (exact) mass is 458 g/mol. The van der Waals surface area contributed by atoms with Gasteiger partial charge in [-0.05, 0) is 43.2 Å². The van der Waals surface area contributed by atoms with E-state index < -0.39 is 0 Å². The van der Waals surface area contributed by atoms with E-state index in [4.69, 9.17) is 9.72 Å². The van der Waals surface area contributed by atoms with Crippen molar-refractivity contribution in [1.29, 1.82) is 0 Å². The second-order valence-electron chi connectivity index (χ2n) is 8.72. The molecule has 1 atom stereocenters. The molecule has 8 heteroatoms. The van der Waals surface area contributed by atoms with Crippen molar-refractivity contribution in [3.8, 4) is 17.0 Å². The van der Waals surface area contributed by atoms with Crippen molar-refractivity contribution < 1.29 is 9.53 Å². The van der Waals surface area contributed by atoms with Gasteiger partial charge >= 0.3 is 6.03 Å². The Kier molecular flexibility index (Phi) is 6.20. The van der Waals surface area contributed by atoms with Crippen LogP contribution in [-0.2, 0) is 13.5 Å². The van der Waals surface area contributed by atoms with Crippen LogP contribution >= 0.6 is 0 Å². The minimum atomic E-state index is -0.0132. The van der Waals surface area contributed by atoms with Crippen molar-refractivity contribution >= 4 is 11.5 Å². The van der Waals surface area contributed by atoms with Gasteiger partial charge in [0.05, 0.1) is 18.3 Å². The minimum Gasteiger partial charge on any atom is -0.497 e. The van der Waals surface area contributed by atoms with E-state index in [9.17, 15) is 4.79 Å². The average molecular weight is 459 g/mol. The number of rotatable bonds is 6. The number of carbonyl (C=O) groups excluding carboxylic acids is 1. The summed E-state index contributed by atoms with van der Waals surface area (Å²) in [6.45, 7) is 2.01. The van der Waals surface area contributed by atoms with Crippen LogP contribution in [0.25, 0.3) is 16.8 Å². The first-order valence-electron chi connectivity index (χ1n) is 11.7. The van der Waals surface area contributed by atoms with Crippen molar-refractivity contribution in [2.24, 2.45) is 7.05 Å². The molecule has 8 nitrogen and oxygen atoms in total. The molecule has 1 N–H and O–H groups in total. The van der Waals surface area contributed by atoms with E-state index in [0.29, 0.717) is 13.1 Å². The number of nitrogens with one attached hydrogen (secondary N) is 1. The number of pyridine rings is 1. The summed E-state index contributed by atoms with van der Waals surface area (Å²) in [6.07, 6.45) is 6.56. The molecule has 0 radical (unpaired) electrons. The number of imidazole rings is 1. The molecular formula is C26H30N6O2. The fourth-order valence-electron chi connectivity index (χ4n) is 4.76. The highest BCUT2D eigenvalue weighted by Crippen LogP contribution is 2.33. The lowest BCUT2D eigenvalue weighted by Crippen LogP contribution is -2.45. The summed E-state index contributed by atoms with van der Waals surface area (Å²) in [7, 11) is 3.59. The van der Waals surface area contributed by atoms with E-state index in [1.165, 1.54) is 0 Å². The molecule has 176 valence electrons. The molecule has 0 saturated carbocycles. The second kappa shape index (κ2) is 9.59. The Morgan fingerprint density at radius 2 is 2.12 bits per heavy atom. The maximum absolute atomic E-state index is 12.9. The molecule has 0 spiro atoms. The van der Waals surface area contributed by atoms with Gasteiger partial charge in [0, 0.05) is 62.7 Å². The molecule has 0 aliphatic carbocycles. The lowest BCUT2D eigenvalue weighted by atomic mass is 9.97. The Labute approximate surface area is 199 Å². The molecule has 1 unspecified atom stereocenters. The summed E-state index contributed by atoms with van der Waals surface area (Å²) in [5.41, 5.74) is 4.12. The number of likely N-dealkylation sites (tertiary alicyclic amines) is 1. The standard InChI is InChI=1S/C26H30N6O2/c1-30-21(12-14-28-30)11-13-27-26(33)31-15-6-8-20(18-31)25-29-24(23-10-3-4-16-32(23)25)19-7-5-9-22(17-19)34-2/h3-5,7,9-10,12,14,16-17,20H,6,8,11,13,15,18H2,1-2H3,(H,27,33). The van der Waals surface area contributed by atoms with Gasteiger partial charge in [-0.2, -0.15) is 5.10 Å². The zero-order valence-corrected chi connectivity index (χ0v) is 19.6. The maximum Gasteiger partial charge on any atom is 0.317 e. The number of nitrogens with zero attached hydrogens (tertiary/aromatic N) is 5. The predicted octanol–water partition coefficient (Wildman–Crippen LogP) is 3.88. The minimum absolute atomic E-state index is 0.0132. The molecular weight excluding hydrogens is 428 g/mol. The predicted molar refractivity (Wildman–Crippen MR) is 131 cm³/mol. The van der Waals surface area contributed by atoms with Crippen molar-refractivity contribution in [2.75, 3.05) is 26.7 Å². The highest BCUT2D eigenvalue weighted by Gasteiger charge is 2.28. The van der Waals surface area contributed by atoms with Gasteiger partial charge in [0.2, 0.25) is 0 Å². The Bertz CT molecular complexity index is 1290. The number of carbonyl (C=O) groups is 1. The number of aromatic nitrogens is 4. The molecule has 34 heavy (non-hydrogen) atoms. The Hall–Kier alpha value is -3.81. The van der Waals surface area contributed by atoms with Gasteiger partial charge in [0.25, 0.3) is 0 Å². The van der Waals surface area contributed by atoms with Crippen LogP contribution < -0.4 is 10.1 Å². The number of benzene rings is 1. The highest BCUT2D eigenvalue weighted by atomic mass is 16.5. The smallest absolute Gasteiger partial charge is 0.317 e. The van der Waals surface area contributed by atoms with Crippen molar-refractivity contribution in [3.05, 3.63) is 72.4 Å². The Morgan fingerprint density at radius 3 is 2.94 bits per heavy atom. The number of aryl methyl sites for hydroxylation is 1. The van der Waals surface area contributed by atoms with Crippen molar-refractivity contribution in [2.45, 2.75) is 25.2 Å². The van der Waals surface area contributed by atoms with Crippen LogP contribution in [0.3, 0.4) is 0 Å². The summed E-state index contributed by atoms with van der Waals surface area (Å²) in [5, 5.41) is 7.26. The Balaban J connectivity index is 1.34. The van der Waals surface area contributed by atoms with E-state index in [1.807, 2.05) is 53.0 Å². The lowest BCUT2D eigenvalue weighted by Gasteiger charge is -2.32. The summed E-state index contributed by atoms with van der Waals surface area (Å²) in [6, 6.07) is 16.1. The molecule has 0 bridgehead atoms. The molecule has 4 aromatic rings. The Morgan fingerprint density at radius 1 is 1.21 bits per heavy atom. The van der Waals surface area contributed by atoms with Gasteiger partial charge in [-0.25, -0.2) is 9.78 Å². The first-order chi connectivity index (χ1) is 16.6. The molecule has 1 fully saturated rings. The van der Waals surface area contributed by atoms with Crippen molar-refractivity contribution in [3.63, 3.8) is 0 Å². The van der Waals surface area contributed by atoms with E-state index in [2.05, 4.69) is 33.1 Å². The van der Waals surface area contributed by atoms with Crippen LogP contribution in [0.5, 0.6) is 5.75 Å². The largest absolute Gasteiger partial charge is 0.497 e. The number of urea groups is 1. The zero-order valence-electron chi connectivity index (χ0n) is 19.6.